The monoisotopic (exact) mass is 374 g/mol. The fraction of sp³-hybridized carbons (Fsp3) is 0.706. The second kappa shape index (κ2) is 10.5. The molecule has 0 unspecified atom stereocenters. The molecule has 0 bridgehead atoms. The van der Waals surface area contributed by atoms with Crippen molar-refractivity contribution in [1.82, 2.24) is 0 Å². The molecular formula is C17H26O9. The largest absolute Gasteiger partial charge is 0.481 e. The van der Waals surface area contributed by atoms with Crippen LogP contribution in [0.25, 0.3) is 0 Å². The summed E-state index contributed by atoms with van der Waals surface area (Å²) < 4.78 is 0. The highest BCUT2D eigenvalue weighted by molar-refractivity contribution is 5.70. The third kappa shape index (κ3) is 9.75. The van der Waals surface area contributed by atoms with Gasteiger partial charge in [-0.15, -0.1) is 0 Å². The first kappa shape index (κ1) is 23.5. The summed E-state index contributed by atoms with van der Waals surface area (Å²) in [7, 11) is 0. The third-order valence-corrected chi connectivity index (χ3v) is 4.59. The molecule has 0 aliphatic carbocycles. The molecule has 0 saturated heterocycles. The van der Waals surface area contributed by atoms with Crippen molar-refractivity contribution >= 4 is 30.2 Å². The molecule has 0 rings (SSSR count). The van der Waals surface area contributed by atoms with E-state index in [0.717, 1.165) is 0 Å². The molecule has 4 N–H and O–H groups in total. The Morgan fingerprint density at radius 2 is 1.00 bits per heavy atom. The molecule has 0 aromatic heterocycles. The number of rotatable bonds is 15. The van der Waals surface area contributed by atoms with Gasteiger partial charge in [0.2, 0.25) is 0 Å². The minimum absolute atomic E-state index is 0.0324. The highest BCUT2D eigenvalue weighted by Crippen LogP contribution is 2.45. The van der Waals surface area contributed by atoms with Gasteiger partial charge in [0, 0.05) is 31.1 Å². The zero-order valence-corrected chi connectivity index (χ0v) is 14.8. The fourth-order valence-electron chi connectivity index (χ4n) is 3.14. The maximum atomic E-state index is 11.8. The summed E-state index contributed by atoms with van der Waals surface area (Å²) >= 11 is 0. The Hall–Kier alpha value is -2.45. The summed E-state index contributed by atoms with van der Waals surface area (Å²) in [6.07, 6.45) is -0.548. The number of carbonyl (C=O) groups excluding carboxylic acids is 1. The van der Waals surface area contributed by atoms with Crippen LogP contribution in [0.5, 0.6) is 0 Å². The Bertz CT molecular complexity index is 502. The second-order valence-corrected chi connectivity index (χ2v) is 7.04. The van der Waals surface area contributed by atoms with Gasteiger partial charge in [-0.1, -0.05) is 6.92 Å². The summed E-state index contributed by atoms with van der Waals surface area (Å²) in [4.78, 5) is 55.4. The molecule has 9 nitrogen and oxygen atoms in total. The minimum atomic E-state index is -1.26. The Kier molecular flexibility index (Phi) is 9.53. The lowest BCUT2D eigenvalue weighted by atomic mass is 9.65. The van der Waals surface area contributed by atoms with Gasteiger partial charge in [0.05, 0.1) is 0 Å². The van der Waals surface area contributed by atoms with E-state index in [0.29, 0.717) is 6.29 Å². The normalized spacial score (nSPS) is 11.7. The molecule has 0 fully saturated rings. The van der Waals surface area contributed by atoms with Gasteiger partial charge in [0.25, 0.3) is 0 Å². The Labute approximate surface area is 151 Å². The van der Waals surface area contributed by atoms with E-state index >= 15 is 0 Å². The van der Waals surface area contributed by atoms with Gasteiger partial charge in [-0.25, -0.2) is 0 Å². The van der Waals surface area contributed by atoms with Crippen LogP contribution in [0.3, 0.4) is 0 Å². The van der Waals surface area contributed by atoms with Crippen LogP contribution < -0.4 is 0 Å². The molecule has 0 aromatic carbocycles. The maximum Gasteiger partial charge on any atom is 0.303 e. The molecule has 9 heteroatoms. The van der Waals surface area contributed by atoms with Crippen LogP contribution in [0.4, 0.5) is 0 Å². The number of carboxylic acid groups (broad SMARTS) is 4. The first-order valence-electron chi connectivity index (χ1n) is 8.27. The van der Waals surface area contributed by atoms with Crippen LogP contribution in [0.2, 0.25) is 0 Å². The number of aliphatic carboxylic acids is 4. The summed E-state index contributed by atoms with van der Waals surface area (Å²) in [5, 5.41) is 35.7. The van der Waals surface area contributed by atoms with Crippen LogP contribution in [-0.2, 0) is 24.0 Å². The van der Waals surface area contributed by atoms with Crippen LogP contribution in [0.1, 0.15) is 64.7 Å². The molecule has 0 radical (unpaired) electrons. The summed E-state index contributed by atoms with van der Waals surface area (Å²) in [6.45, 7) is 1.65. The van der Waals surface area contributed by atoms with Gasteiger partial charge in [-0.05, 0) is 37.5 Å². The number of carbonyl (C=O) groups is 5. The van der Waals surface area contributed by atoms with E-state index in [1.54, 1.807) is 6.92 Å². The molecule has 0 atom stereocenters. The molecule has 0 amide bonds. The summed E-state index contributed by atoms with van der Waals surface area (Å²) in [5.41, 5.74) is -2.11. The molecule has 26 heavy (non-hydrogen) atoms. The lowest BCUT2D eigenvalue weighted by Gasteiger charge is -2.38. The van der Waals surface area contributed by atoms with Crippen LogP contribution in [-0.4, -0.2) is 50.6 Å². The van der Waals surface area contributed by atoms with Gasteiger partial charge in [-0.2, -0.15) is 0 Å². The van der Waals surface area contributed by atoms with Crippen LogP contribution in [0, 0.1) is 10.8 Å². The van der Waals surface area contributed by atoms with E-state index in [-0.39, 0.29) is 57.8 Å². The minimum Gasteiger partial charge on any atom is -0.481 e. The van der Waals surface area contributed by atoms with Crippen molar-refractivity contribution in [3.8, 4) is 0 Å². The molecular weight excluding hydrogens is 348 g/mol. The Balaban J connectivity index is 5.54. The zero-order chi connectivity index (χ0) is 20.4. The molecule has 148 valence electrons. The summed E-state index contributed by atoms with van der Waals surface area (Å²) in [5.74, 6) is -4.41. The third-order valence-electron chi connectivity index (χ3n) is 4.59. The van der Waals surface area contributed by atoms with Gasteiger partial charge in [0.15, 0.2) is 0 Å². The van der Waals surface area contributed by atoms with E-state index < -0.39 is 34.7 Å². The molecule has 0 aliphatic rings. The quantitative estimate of drug-likeness (QED) is 0.313. The van der Waals surface area contributed by atoms with Crippen molar-refractivity contribution in [3.05, 3.63) is 0 Å². The Morgan fingerprint density at radius 3 is 1.27 bits per heavy atom. The van der Waals surface area contributed by atoms with E-state index in [4.69, 9.17) is 20.4 Å². The number of hydrogen-bond donors (Lipinski definition) is 4. The average molecular weight is 374 g/mol. The number of carboxylic acids is 4. The number of aldehydes is 1. The highest BCUT2D eigenvalue weighted by atomic mass is 16.4. The first-order chi connectivity index (χ1) is 11.9. The lowest BCUT2D eigenvalue weighted by molar-refractivity contribution is -0.139. The van der Waals surface area contributed by atoms with Crippen molar-refractivity contribution < 1.29 is 44.4 Å². The highest BCUT2D eigenvalue weighted by Gasteiger charge is 2.39. The van der Waals surface area contributed by atoms with Gasteiger partial charge in [0.1, 0.15) is 6.29 Å². The van der Waals surface area contributed by atoms with Gasteiger partial charge < -0.3 is 25.2 Å². The molecule has 0 aliphatic heterocycles. The van der Waals surface area contributed by atoms with Crippen molar-refractivity contribution in [3.63, 3.8) is 0 Å². The predicted octanol–water partition coefficient (Wildman–Crippen LogP) is 2.03. The van der Waals surface area contributed by atoms with E-state index in [1.165, 1.54) is 0 Å². The first-order valence-corrected chi connectivity index (χ1v) is 8.27. The van der Waals surface area contributed by atoms with E-state index in [1.807, 2.05) is 0 Å². The maximum absolute atomic E-state index is 11.8. The molecule has 0 saturated carbocycles. The smallest absolute Gasteiger partial charge is 0.303 e. The standard InChI is InChI=1S/C17H26O9/c1-16(6-2-12(19)20,7-3-13(21)22)10-17(11-18,8-4-14(23)24)9-5-15(25)26/h11H,2-10H2,1H3,(H,19,20)(H,21,22)(H,23,24)(H,25,26). The predicted molar refractivity (Wildman–Crippen MR) is 88.7 cm³/mol. The van der Waals surface area contributed by atoms with Crippen molar-refractivity contribution in [2.75, 3.05) is 0 Å². The topological polar surface area (TPSA) is 166 Å². The average Bonchev–Trinajstić information content (AvgIpc) is 2.54. The zero-order valence-electron chi connectivity index (χ0n) is 14.8. The van der Waals surface area contributed by atoms with Crippen LogP contribution in [0.15, 0.2) is 0 Å². The van der Waals surface area contributed by atoms with Crippen molar-refractivity contribution in [1.29, 1.82) is 0 Å². The lowest BCUT2D eigenvalue weighted by Crippen LogP contribution is -2.34. The second-order valence-electron chi connectivity index (χ2n) is 7.04. The molecule has 0 spiro atoms. The van der Waals surface area contributed by atoms with Crippen LogP contribution >= 0.6 is 0 Å². The van der Waals surface area contributed by atoms with Crippen molar-refractivity contribution in [2.24, 2.45) is 10.8 Å². The van der Waals surface area contributed by atoms with Gasteiger partial charge >= 0.3 is 23.9 Å². The van der Waals surface area contributed by atoms with Gasteiger partial charge in [-0.3, -0.25) is 19.2 Å². The fourth-order valence-corrected chi connectivity index (χ4v) is 3.14. The van der Waals surface area contributed by atoms with E-state index in [9.17, 15) is 24.0 Å². The van der Waals surface area contributed by atoms with Crippen molar-refractivity contribution in [2.45, 2.75) is 64.7 Å². The molecule has 0 aromatic rings. The van der Waals surface area contributed by atoms with E-state index in [2.05, 4.69) is 0 Å². The number of hydrogen-bond acceptors (Lipinski definition) is 5. The summed E-state index contributed by atoms with van der Waals surface area (Å²) in [6, 6.07) is 0. The molecule has 0 heterocycles. The SMILES string of the molecule is CC(CCC(=O)O)(CCC(=O)O)CC(C=O)(CCC(=O)O)CCC(=O)O. The Morgan fingerprint density at radius 1 is 0.692 bits per heavy atom.